The number of aryl methyl sites for hydroxylation is 1. The number of aromatic nitrogens is 2. The van der Waals surface area contributed by atoms with E-state index < -0.39 is 23.1 Å². The number of nitrogens with one attached hydrogen (secondary N) is 1. The second kappa shape index (κ2) is 7.22. The van der Waals surface area contributed by atoms with Gasteiger partial charge in [0.25, 0.3) is 5.91 Å². The highest BCUT2D eigenvalue weighted by Gasteiger charge is 2.34. The number of nitrogens with zero attached hydrogens (tertiary/aromatic N) is 2. The number of pyridine rings is 2. The van der Waals surface area contributed by atoms with E-state index in [2.05, 4.69) is 10.3 Å². The molecule has 0 radical (unpaired) electrons. The number of carbonyl (C=O) groups excluding carboxylic acids is 1. The highest BCUT2D eigenvalue weighted by Crippen LogP contribution is 2.34. The van der Waals surface area contributed by atoms with Crippen molar-refractivity contribution in [3.63, 3.8) is 0 Å². The van der Waals surface area contributed by atoms with Gasteiger partial charge in [0, 0.05) is 37.1 Å². The van der Waals surface area contributed by atoms with Gasteiger partial charge in [-0.25, -0.2) is 0 Å². The van der Waals surface area contributed by atoms with Gasteiger partial charge in [-0.3, -0.25) is 14.6 Å². The van der Waals surface area contributed by atoms with E-state index in [4.69, 9.17) is 0 Å². The summed E-state index contributed by atoms with van der Waals surface area (Å²) in [5.41, 5.74) is -1.32. The molecule has 0 saturated carbocycles. The normalized spacial score (nSPS) is 11.6. The monoisotopic (exact) mass is 375 g/mol. The van der Waals surface area contributed by atoms with Crippen LogP contribution in [0.25, 0.3) is 10.9 Å². The van der Waals surface area contributed by atoms with E-state index >= 15 is 0 Å². The molecule has 2 heterocycles. The molecule has 3 rings (SSSR count). The molecule has 0 fully saturated rings. The Morgan fingerprint density at radius 1 is 1.22 bits per heavy atom. The predicted molar refractivity (Wildman–Crippen MR) is 94.3 cm³/mol. The minimum atomic E-state index is -4.60. The maximum absolute atomic E-state index is 13.3. The maximum Gasteiger partial charge on any atom is 0.418 e. The van der Waals surface area contributed by atoms with Gasteiger partial charge in [0.2, 0.25) is 5.43 Å². The van der Waals surface area contributed by atoms with Crippen LogP contribution in [0.15, 0.2) is 53.7 Å². The van der Waals surface area contributed by atoms with Gasteiger partial charge < -0.3 is 9.88 Å². The minimum Gasteiger partial charge on any atom is -0.348 e. The van der Waals surface area contributed by atoms with Crippen LogP contribution in [-0.2, 0) is 19.3 Å². The Balaban J connectivity index is 2.06. The topological polar surface area (TPSA) is 64.0 Å². The summed E-state index contributed by atoms with van der Waals surface area (Å²) in [6, 6.07) is 6.87. The molecule has 1 N–H and O–H groups in total. The lowest BCUT2D eigenvalue weighted by molar-refractivity contribution is -0.136. The van der Waals surface area contributed by atoms with Gasteiger partial charge in [-0.15, -0.1) is 0 Å². The third kappa shape index (κ3) is 3.69. The van der Waals surface area contributed by atoms with E-state index in [1.807, 2.05) is 0 Å². The Bertz CT molecular complexity index is 1040. The second-order valence-electron chi connectivity index (χ2n) is 5.90. The first kappa shape index (κ1) is 18.6. The number of carbonyl (C=O) groups is 1. The molecule has 27 heavy (non-hydrogen) atoms. The van der Waals surface area contributed by atoms with E-state index in [9.17, 15) is 22.8 Å². The first-order chi connectivity index (χ1) is 12.8. The van der Waals surface area contributed by atoms with Crippen molar-refractivity contribution in [2.45, 2.75) is 26.2 Å². The minimum absolute atomic E-state index is 0.138. The highest BCUT2D eigenvalue weighted by atomic mass is 19.4. The molecule has 0 aliphatic carbocycles. The van der Waals surface area contributed by atoms with Gasteiger partial charge in [-0.05, 0) is 30.7 Å². The van der Waals surface area contributed by atoms with Crippen LogP contribution in [0.2, 0.25) is 0 Å². The summed E-state index contributed by atoms with van der Waals surface area (Å²) >= 11 is 0. The molecule has 0 atom stereocenters. The lowest BCUT2D eigenvalue weighted by atomic mass is 10.1. The van der Waals surface area contributed by atoms with Crippen LogP contribution >= 0.6 is 0 Å². The van der Waals surface area contributed by atoms with E-state index in [0.29, 0.717) is 0 Å². The SMILES string of the molecule is CCn1cc(C(=O)NCc2cccnc2)c(=O)c2cccc(C(F)(F)F)c21. The van der Waals surface area contributed by atoms with Crippen LogP contribution < -0.4 is 10.7 Å². The van der Waals surface area contributed by atoms with E-state index in [-0.39, 0.29) is 29.6 Å². The lowest BCUT2D eigenvalue weighted by Gasteiger charge is -2.16. The molecule has 8 heteroatoms. The van der Waals surface area contributed by atoms with Crippen LogP contribution in [-0.4, -0.2) is 15.5 Å². The largest absolute Gasteiger partial charge is 0.418 e. The first-order valence-corrected chi connectivity index (χ1v) is 8.23. The molecule has 0 unspecified atom stereocenters. The van der Waals surface area contributed by atoms with E-state index in [1.165, 1.54) is 22.9 Å². The third-order valence-electron chi connectivity index (χ3n) is 4.16. The standard InChI is InChI=1S/C19H16F3N3O2/c1-2-25-11-14(18(27)24-10-12-5-4-8-23-9-12)17(26)13-6-3-7-15(16(13)25)19(20,21)22/h3-9,11H,2,10H2,1H3,(H,24,27). The Hall–Kier alpha value is -3.16. The number of halogens is 3. The molecule has 140 valence electrons. The summed E-state index contributed by atoms with van der Waals surface area (Å²) in [5.74, 6) is -0.648. The molecular formula is C19H16F3N3O2. The Morgan fingerprint density at radius 2 is 2.00 bits per heavy atom. The molecule has 5 nitrogen and oxygen atoms in total. The fourth-order valence-corrected chi connectivity index (χ4v) is 2.88. The lowest BCUT2D eigenvalue weighted by Crippen LogP contribution is -2.30. The predicted octanol–water partition coefficient (Wildman–Crippen LogP) is 3.37. The van der Waals surface area contributed by atoms with Crippen LogP contribution in [0.3, 0.4) is 0 Å². The van der Waals surface area contributed by atoms with E-state index in [0.717, 1.165) is 11.6 Å². The molecule has 0 aliphatic rings. The Morgan fingerprint density at radius 3 is 2.63 bits per heavy atom. The van der Waals surface area contributed by atoms with Crippen LogP contribution in [0.4, 0.5) is 13.2 Å². The fraction of sp³-hybridized carbons (Fsp3) is 0.211. The zero-order chi connectivity index (χ0) is 19.6. The van der Waals surface area contributed by atoms with Crippen molar-refractivity contribution in [1.82, 2.24) is 14.9 Å². The molecule has 0 saturated heterocycles. The van der Waals surface area contributed by atoms with Crippen molar-refractivity contribution in [3.8, 4) is 0 Å². The van der Waals surface area contributed by atoms with Crippen molar-refractivity contribution < 1.29 is 18.0 Å². The summed E-state index contributed by atoms with van der Waals surface area (Å²) in [6.45, 7) is 1.97. The number of alkyl halides is 3. The van der Waals surface area contributed by atoms with Crippen molar-refractivity contribution in [1.29, 1.82) is 0 Å². The fourth-order valence-electron chi connectivity index (χ4n) is 2.88. The van der Waals surface area contributed by atoms with Crippen LogP contribution in [0.5, 0.6) is 0 Å². The number of hydrogen-bond donors (Lipinski definition) is 1. The quantitative estimate of drug-likeness (QED) is 0.761. The number of amides is 1. The van der Waals surface area contributed by atoms with E-state index in [1.54, 1.807) is 31.5 Å². The number of rotatable bonds is 4. The average Bonchev–Trinajstić information content (AvgIpc) is 2.66. The van der Waals surface area contributed by atoms with Gasteiger partial charge in [0.15, 0.2) is 0 Å². The molecule has 1 amide bonds. The van der Waals surface area contributed by atoms with Crippen molar-refractivity contribution in [2.75, 3.05) is 0 Å². The number of fused-ring (bicyclic) bond motifs is 1. The summed E-state index contributed by atoms with van der Waals surface area (Å²) in [7, 11) is 0. The van der Waals surface area contributed by atoms with Crippen molar-refractivity contribution >= 4 is 16.8 Å². The molecule has 3 aromatic rings. The molecular weight excluding hydrogens is 359 g/mol. The molecule has 2 aromatic heterocycles. The van der Waals surface area contributed by atoms with Gasteiger partial charge in [-0.1, -0.05) is 12.1 Å². The summed E-state index contributed by atoms with van der Waals surface area (Å²) < 4.78 is 41.3. The molecule has 0 aliphatic heterocycles. The first-order valence-electron chi connectivity index (χ1n) is 8.23. The van der Waals surface area contributed by atoms with Gasteiger partial charge in [0.05, 0.1) is 11.1 Å². The maximum atomic E-state index is 13.3. The van der Waals surface area contributed by atoms with Crippen LogP contribution in [0.1, 0.15) is 28.4 Å². The number of benzene rings is 1. The summed E-state index contributed by atoms with van der Waals surface area (Å²) in [6.07, 6.45) is -0.265. The van der Waals surface area contributed by atoms with Crippen molar-refractivity contribution in [3.05, 3.63) is 75.8 Å². The average molecular weight is 375 g/mol. The smallest absolute Gasteiger partial charge is 0.348 e. The number of hydrogen-bond acceptors (Lipinski definition) is 3. The summed E-state index contributed by atoms with van der Waals surface area (Å²) in [4.78, 5) is 29.1. The van der Waals surface area contributed by atoms with Crippen molar-refractivity contribution in [2.24, 2.45) is 0 Å². The summed E-state index contributed by atoms with van der Waals surface area (Å²) in [5, 5.41) is 2.46. The second-order valence-corrected chi connectivity index (χ2v) is 5.90. The molecule has 0 spiro atoms. The number of para-hydroxylation sites is 1. The highest BCUT2D eigenvalue weighted by molar-refractivity contribution is 5.97. The van der Waals surface area contributed by atoms with Gasteiger partial charge in [-0.2, -0.15) is 13.2 Å². The Labute approximate surface area is 152 Å². The zero-order valence-corrected chi connectivity index (χ0v) is 14.4. The zero-order valence-electron chi connectivity index (χ0n) is 14.4. The Kier molecular flexibility index (Phi) is 4.98. The molecule has 1 aromatic carbocycles. The van der Waals surface area contributed by atoms with Gasteiger partial charge in [0.1, 0.15) is 5.56 Å². The third-order valence-corrected chi connectivity index (χ3v) is 4.16. The van der Waals surface area contributed by atoms with Crippen LogP contribution in [0, 0.1) is 0 Å². The molecule has 0 bridgehead atoms. The van der Waals surface area contributed by atoms with Gasteiger partial charge >= 0.3 is 6.18 Å².